The zero-order valence-electron chi connectivity index (χ0n) is 14.4. The van der Waals surface area contributed by atoms with Gasteiger partial charge in [-0.3, -0.25) is 4.79 Å². The first-order valence-corrected chi connectivity index (χ1v) is 8.08. The second kappa shape index (κ2) is 5.53. The Hall–Kier alpha value is -1.53. The second-order valence-corrected chi connectivity index (χ2v) is 7.29. The first-order chi connectivity index (χ1) is 10.7. The van der Waals surface area contributed by atoms with Gasteiger partial charge < -0.3 is 19.4 Å². The molecule has 1 aliphatic carbocycles. The monoisotopic (exact) mass is 317 g/mol. The van der Waals surface area contributed by atoms with Crippen LogP contribution in [0.3, 0.4) is 0 Å². The fourth-order valence-electron chi connectivity index (χ4n) is 2.51. The van der Waals surface area contributed by atoms with Crippen LogP contribution in [0.4, 0.5) is 0 Å². The van der Waals surface area contributed by atoms with Crippen molar-refractivity contribution < 1.29 is 18.8 Å². The Morgan fingerprint density at radius 1 is 1.22 bits per heavy atom. The summed E-state index contributed by atoms with van der Waals surface area (Å²) in [6, 6.07) is 5.72. The zero-order chi connectivity index (χ0) is 16.8. The van der Waals surface area contributed by atoms with Crippen molar-refractivity contribution in [1.29, 1.82) is 0 Å². The summed E-state index contributed by atoms with van der Waals surface area (Å²) in [5, 5.41) is 2.98. The molecular weight excluding hydrogens is 293 g/mol. The summed E-state index contributed by atoms with van der Waals surface area (Å²) >= 11 is 0. The summed E-state index contributed by atoms with van der Waals surface area (Å²) in [5.74, 6) is 0.540. The highest BCUT2D eigenvalue weighted by atomic mass is 16.7. The molecule has 0 atom stereocenters. The van der Waals surface area contributed by atoms with E-state index in [4.69, 9.17) is 14.0 Å². The van der Waals surface area contributed by atoms with Crippen molar-refractivity contribution in [3.8, 4) is 5.75 Å². The number of benzene rings is 1. The predicted octanol–water partition coefficient (Wildman–Crippen LogP) is 1.89. The Labute approximate surface area is 137 Å². The van der Waals surface area contributed by atoms with Gasteiger partial charge in [0.25, 0.3) is 5.91 Å². The summed E-state index contributed by atoms with van der Waals surface area (Å²) in [4.78, 5) is 12.2. The van der Waals surface area contributed by atoms with Crippen LogP contribution in [0, 0.1) is 0 Å². The van der Waals surface area contributed by atoms with Gasteiger partial charge in [-0.25, -0.2) is 0 Å². The van der Waals surface area contributed by atoms with E-state index in [1.54, 1.807) is 19.2 Å². The maximum absolute atomic E-state index is 12.2. The van der Waals surface area contributed by atoms with E-state index in [1.807, 2.05) is 33.8 Å². The third kappa shape index (κ3) is 3.10. The molecule has 1 N–H and O–H groups in total. The molecule has 1 saturated heterocycles. The van der Waals surface area contributed by atoms with Gasteiger partial charge in [-0.2, -0.15) is 0 Å². The first kappa shape index (κ1) is 16.3. The molecule has 1 saturated carbocycles. The van der Waals surface area contributed by atoms with E-state index in [2.05, 4.69) is 5.32 Å². The lowest BCUT2D eigenvalue weighted by Gasteiger charge is -2.32. The highest BCUT2D eigenvalue weighted by molar-refractivity contribution is 6.63. The normalized spacial score (nSPS) is 22.0. The van der Waals surface area contributed by atoms with E-state index >= 15 is 0 Å². The summed E-state index contributed by atoms with van der Waals surface area (Å²) in [6.07, 6.45) is 2.13. The lowest BCUT2D eigenvalue weighted by molar-refractivity contribution is 0.00578. The number of nitrogens with one attached hydrogen (secondary N) is 1. The molecule has 1 heterocycles. The van der Waals surface area contributed by atoms with Crippen LogP contribution < -0.4 is 15.5 Å². The molecule has 0 spiro atoms. The van der Waals surface area contributed by atoms with Crippen molar-refractivity contribution in [3.05, 3.63) is 23.8 Å². The quantitative estimate of drug-likeness (QED) is 0.862. The molecule has 6 heteroatoms. The van der Waals surface area contributed by atoms with Crippen molar-refractivity contribution in [1.82, 2.24) is 5.32 Å². The van der Waals surface area contributed by atoms with Crippen LogP contribution in [0.2, 0.25) is 0 Å². The van der Waals surface area contributed by atoms with E-state index in [-0.39, 0.29) is 5.91 Å². The van der Waals surface area contributed by atoms with Crippen molar-refractivity contribution in [2.75, 3.05) is 7.11 Å². The molecule has 3 rings (SSSR count). The Bertz CT molecular complexity index is 609. The molecule has 1 amide bonds. The minimum atomic E-state index is -0.504. The number of hydrogen-bond acceptors (Lipinski definition) is 4. The Kier molecular flexibility index (Phi) is 3.93. The fraction of sp³-hybridized carbons (Fsp3) is 0.588. The summed E-state index contributed by atoms with van der Waals surface area (Å²) < 4.78 is 17.6. The number of methoxy groups -OCH3 is 1. The maximum Gasteiger partial charge on any atom is 0.498 e. The highest BCUT2D eigenvalue weighted by Gasteiger charge is 2.52. The molecule has 1 aliphatic heterocycles. The topological polar surface area (TPSA) is 56.8 Å². The Morgan fingerprint density at radius 2 is 1.83 bits per heavy atom. The van der Waals surface area contributed by atoms with Crippen LogP contribution in [-0.2, 0) is 9.31 Å². The molecule has 1 aromatic carbocycles. The van der Waals surface area contributed by atoms with Gasteiger partial charge in [-0.05, 0) is 52.7 Å². The van der Waals surface area contributed by atoms with Crippen molar-refractivity contribution in [2.24, 2.45) is 0 Å². The minimum absolute atomic E-state index is 0.0636. The number of rotatable bonds is 4. The zero-order valence-corrected chi connectivity index (χ0v) is 14.4. The van der Waals surface area contributed by atoms with Crippen molar-refractivity contribution >= 4 is 18.5 Å². The van der Waals surface area contributed by atoms with Gasteiger partial charge in [0.05, 0.1) is 18.3 Å². The van der Waals surface area contributed by atoms with Crippen molar-refractivity contribution in [3.63, 3.8) is 0 Å². The van der Waals surface area contributed by atoms with Crippen LogP contribution in [0.25, 0.3) is 0 Å². The molecule has 124 valence electrons. The van der Waals surface area contributed by atoms with E-state index in [1.165, 1.54) is 0 Å². The lowest BCUT2D eigenvalue weighted by Crippen LogP contribution is -2.41. The third-order valence-corrected chi connectivity index (χ3v) is 4.92. The molecule has 23 heavy (non-hydrogen) atoms. The van der Waals surface area contributed by atoms with Crippen LogP contribution in [0.1, 0.15) is 50.9 Å². The van der Waals surface area contributed by atoms with Crippen LogP contribution in [-0.4, -0.2) is 37.4 Å². The molecule has 5 nitrogen and oxygen atoms in total. The second-order valence-electron chi connectivity index (χ2n) is 7.29. The molecule has 2 fully saturated rings. The number of ether oxygens (including phenoxy) is 1. The summed E-state index contributed by atoms with van der Waals surface area (Å²) in [5.41, 5.74) is 0.568. The van der Waals surface area contributed by atoms with E-state index in [0.29, 0.717) is 17.4 Å². The first-order valence-electron chi connectivity index (χ1n) is 8.08. The molecule has 1 aromatic rings. The van der Waals surface area contributed by atoms with Gasteiger partial charge in [0.1, 0.15) is 5.75 Å². The largest absolute Gasteiger partial charge is 0.498 e. The smallest absolute Gasteiger partial charge is 0.497 e. The lowest BCUT2D eigenvalue weighted by atomic mass is 9.78. The average molecular weight is 317 g/mol. The van der Waals surface area contributed by atoms with Crippen LogP contribution in [0.5, 0.6) is 5.75 Å². The number of carbonyl (C=O) groups excluding carboxylic acids is 1. The van der Waals surface area contributed by atoms with Crippen LogP contribution >= 0.6 is 0 Å². The molecular formula is C17H24BNO4. The van der Waals surface area contributed by atoms with E-state index in [9.17, 15) is 4.79 Å². The summed E-state index contributed by atoms with van der Waals surface area (Å²) in [6.45, 7) is 8.04. The van der Waals surface area contributed by atoms with Gasteiger partial charge in [0.2, 0.25) is 0 Å². The van der Waals surface area contributed by atoms with Gasteiger partial charge in [0.15, 0.2) is 0 Å². The molecule has 0 aromatic heterocycles. The highest BCUT2D eigenvalue weighted by Crippen LogP contribution is 2.37. The third-order valence-electron chi connectivity index (χ3n) is 4.92. The van der Waals surface area contributed by atoms with Crippen molar-refractivity contribution in [2.45, 2.75) is 57.8 Å². The van der Waals surface area contributed by atoms with Crippen LogP contribution in [0.15, 0.2) is 18.2 Å². The Morgan fingerprint density at radius 3 is 2.35 bits per heavy atom. The molecule has 0 bridgehead atoms. The van der Waals surface area contributed by atoms with E-state index in [0.717, 1.165) is 18.3 Å². The Balaban J connectivity index is 1.84. The predicted molar refractivity (Wildman–Crippen MR) is 89.2 cm³/mol. The van der Waals surface area contributed by atoms with E-state index < -0.39 is 18.3 Å². The number of amides is 1. The maximum atomic E-state index is 12.2. The average Bonchev–Trinajstić information content (AvgIpc) is 3.25. The SMILES string of the molecule is COc1cc(C(=O)NC2CC2)ccc1B1OC(C)(C)C(C)(C)O1. The van der Waals surface area contributed by atoms with Gasteiger partial charge in [-0.1, -0.05) is 6.07 Å². The van der Waals surface area contributed by atoms with Gasteiger partial charge in [0, 0.05) is 17.1 Å². The summed E-state index contributed by atoms with van der Waals surface area (Å²) in [7, 11) is 1.09. The molecule has 0 unspecified atom stereocenters. The molecule has 2 aliphatic rings. The van der Waals surface area contributed by atoms with Gasteiger partial charge in [-0.15, -0.1) is 0 Å². The fourth-order valence-corrected chi connectivity index (χ4v) is 2.51. The number of carbonyl (C=O) groups is 1. The molecule has 0 radical (unpaired) electrons. The minimum Gasteiger partial charge on any atom is -0.497 e. The number of hydrogen-bond donors (Lipinski definition) is 1. The van der Waals surface area contributed by atoms with Gasteiger partial charge >= 0.3 is 7.12 Å². The standard InChI is InChI=1S/C17H24BNO4/c1-16(2)17(3,4)23-18(22-16)13-9-6-11(10-14(13)21-5)15(20)19-12-7-8-12/h6,9-10,12H,7-8H2,1-5H3,(H,19,20).